The Kier molecular flexibility index (Phi) is 3.57. The summed E-state index contributed by atoms with van der Waals surface area (Å²) >= 11 is 11.9. The quantitative estimate of drug-likeness (QED) is 0.878. The van der Waals surface area contributed by atoms with Gasteiger partial charge in [0, 0.05) is 5.02 Å². The zero-order valence-corrected chi connectivity index (χ0v) is 12.3. The van der Waals surface area contributed by atoms with Crippen LogP contribution >= 0.6 is 23.2 Å². The summed E-state index contributed by atoms with van der Waals surface area (Å²) in [5.41, 5.74) is 1.41. The summed E-state index contributed by atoms with van der Waals surface area (Å²) in [6, 6.07) is 11.7. The van der Waals surface area contributed by atoms with Gasteiger partial charge in [0.1, 0.15) is 0 Å². The van der Waals surface area contributed by atoms with E-state index in [0.717, 1.165) is 4.90 Å². The van der Waals surface area contributed by atoms with Crippen molar-refractivity contribution in [2.45, 2.75) is 0 Å². The van der Waals surface area contributed by atoms with Gasteiger partial charge >= 0.3 is 0 Å². The van der Waals surface area contributed by atoms with Gasteiger partial charge < -0.3 is 5.32 Å². The fourth-order valence-electron chi connectivity index (χ4n) is 2.18. The summed E-state index contributed by atoms with van der Waals surface area (Å²) in [6.45, 7) is 0.0341. The van der Waals surface area contributed by atoms with E-state index >= 15 is 0 Å². The van der Waals surface area contributed by atoms with Crippen molar-refractivity contribution < 1.29 is 9.59 Å². The molecule has 21 heavy (non-hydrogen) atoms. The molecule has 0 unspecified atom stereocenters. The highest BCUT2D eigenvalue weighted by molar-refractivity contribution is 6.35. The third-order valence-corrected chi connectivity index (χ3v) is 3.80. The number of benzene rings is 2. The maximum Gasteiger partial charge on any atom is 0.263 e. The molecule has 3 rings (SSSR count). The molecule has 6 heteroatoms. The van der Waals surface area contributed by atoms with Gasteiger partial charge in [-0.05, 0) is 30.3 Å². The van der Waals surface area contributed by atoms with Crippen LogP contribution in [-0.2, 0) is 0 Å². The highest BCUT2D eigenvalue weighted by Gasteiger charge is 2.34. The second-order valence-corrected chi connectivity index (χ2v) is 5.39. The fraction of sp³-hybridized carbons (Fsp3) is 0.0667. The molecule has 0 radical (unpaired) electrons. The second-order valence-electron chi connectivity index (χ2n) is 4.54. The topological polar surface area (TPSA) is 49.4 Å². The van der Waals surface area contributed by atoms with Crippen LogP contribution in [0.3, 0.4) is 0 Å². The average molecular weight is 321 g/mol. The summed E-state index contributed by atoms with van der Waals surface area (Å²) in [6.07, 6.45) is 0. The molecule has 0 saturated carbocycles. The van der Waals surface area contributed by atoms with Gasteiger partial charge in [-0.3, -0.25) is 14.5 Å². The molecule has 1 aliphatic rings. The van der Waals surface area contributed by atoms with Gasteiger partial charge in [-0.1, -0.05) is 35.3 Å². The van der Waals surface area contributed by atoms with Crippen LogP contribution in [0.2, 0.25) is 10.0 Å². The lowest BCUT2D eigenvalue weighted by Crippen LogP contribution is -2.34. The standard InChI is InChI=1S/C15H10Cl2N2O2/c16-9-5-6-12(17)13(7-9)18-8-19-14(20)10-3-1-2-4-11(10)15(19)21/h1-7,18H,8H2. The summed E-state index contributed by atoms with van der Waals surface area (Å²) in [5, 5.41) is 3.95. The van der Waals surface area contributed by atoms with Crippen molar-refractivity contribution in [3.05, 3.63) is 63.6 Å². The highest BCUT2D eigenvalue weighted by Crippen LogP contribution is 2.27. The fourth-order valence-corrected chi connectivity index (χ4v) is 2.54. The van der Waals surface area contributed by atoms with E-state index < -0.39 is 0 Å². The minimum Gasteiger partial charge on any atom is -0.366 e. The molecular weight excluding hydrogens is 311 g/mol. The van der Waals surface area contributed by atoms with E-state index in [1.807, 2.05) is 0 Å². The first-order chi connectivity index (χ1) is 10.1. The average Bonchev–Trinajstić information content (AvgIpc) is 2.73. The summed E-state index contributed by atoms with van der Waals surface area (Å²) in [7, 11) is 0. The van der Waals surface area contributed by atoms with E-state index in [0.29, 0.717) is 26.9 Å². The van der Waals surface area contributed by atoms with E-state index in [-0.39, 0.29) is 18.5 Å². The third kappa shape index (κ3) is 2.48. The van der Waals surface area contributed by atoms with Crippen molar-refractivity contribution in [1.29, 1.82) is 0 Å². The molecule has 0 saturated heterocycles. The Balaban J connectivity index is 1.80. The van der Waals surface area contributed by atoms with Crippen molar-refractivity contribution in [3.63, 3.8) is 0 Å². The van der Waals surface area contributed by atoms with Gasteiger partial charge in [-0.25, -0.2) is 0 Å². The van der Waals surface area contributed by atoms with Gasteiger partial charge in [0.2, 0.25) is 0 Å². The van der Waals surface area contributed by atoms with E-state index in [4.69, 9.17) is 23.2 Å². The summed E-state index contributed by atoms with van der Waals surface area (Å²) < 4.78 is 0. The van der Waals surface area contributed by atoms with Crippen molar-refractivity contribution >= 4 is 40.7 Å². The van der Waals surface area contributed by atoms with Crippen molar-refractivity contribution in [2.24, 2.45) is 0 Å². The molecule has 0 atom stereocenters. The molecule has 0 aromatic heterocycles. The van der Waals surface area contributed by atoms with E-state index in [1.54, 1.807) is 42.5 Å². The molecule has 0 aliphatic carbocycles. The number of carbonyl (C=O) groups is 2. The Morgan fingerprint density at radius 2 is 1.57 bits per heavy atom. The Bertz CT molecular complexity index is 711. The molecule has 0 bridgehead atoms. The van der Waals surface area contributed by atoms with Crippen LogP contribution in [0, 0.1) is 0 Å². The molecule has 0 spiro atoms. The van der Waals surface area contributed by atoms with E-state index in [2.05, 4.69) is 5.32 Å². The van der Waals surface area contributed by atoms with Crippen LogP contribution in [0.25, 0.3) is 0 Å². The molecule has 4 nitrogen and oxygen atoms in total. The zero-order chi connectivity index (χ0) is 15.0. The number of hydrogen-bond acceptors (Lipinski definition) is 3. The van der Waals surface area contributed by atoms with Crippen LogP contribution in [0.15, 0.2) is 42.5 Å². The van der Waals surface area contributed by atoms with E-state index in [1.165, 1.54) is 0 Å². The Morgan fingerprint density at radius 1 is 0.952 bits per heavy atom. The van der Waals surface area contributed by atoms with Crippen LogP contribution in [-0.4, -0.2) is 23.4 Å². The SMILES string of the molecule is O=C1c2ccccc2C(=O)N1CNc1cc(Cl)ccc1Cl. The monoisotopic (exact) mass is 320 g/mol. The van der Waals surface area contributed by atoms with Gasteiger partial charge in [0.05, 0.1) is 28.5 Å². The summed E-state index contributed by atoms with van der Waals surface area (Å²) in [5.74, 6) is -0.637. The Morgan fingerprint density at radius 3 is 2.19 bits per heavy atom. The van der Waals surface area contributed by atoms with Crippen LogP contribution in [0.1, 0.15) is 20.7 Å². The lowest BCUT2D eigenvalue weighted by atomic mass is 10.1. The number of anilines is 1. The lowest BCUT2D eigenvalue weighted by Gasteiger charge is -2.16. The second kappa shape index (κ2) is 5.39. The van der Waals surface area contributed by atoms with Gasteiger partial charge in [-0.15, -0.1) is 0 Å². The molecular formula is C15H10Cl2N2O2. The molecule has 1 aliphatic heterocycles. The van der Waals surface area contributed by atoms with Crippen molar-refractivity contribution in [1.82, 2.24) is 4.90 Å². The number of fused-ring (bicyclic) bond motifs is 1. The molecule has 106 valence electrons. The molecule has 0 fully saturated rings. The van der Waals surface area contributed by atoms with Gasteiger partial charge in [0.25, 0.3) is 11.8 Å². The number of hydrogen-bond donors (Lipinski definition) is 1. The van der Waals surface area contributed by atoms with Gasteiger partial charge in [0.15, 0.2) is 0 Å². The normalized spacial score (nSPS) is 13.5. The molecule has 2 aromatic rings. The maximum absolute atomic E-state index is 12.2. The minimum absolute atomic E-state index is 0.0341. The maximum atomic E-state index is 12.2. The first kappa shape index (κ1) is 13.9. The molecule has 2 amide bonds. The smallest absolute Gasteiger partial charge is 0.263 e. The Hall–Kier alpha value is -2.04. The predicted molar refractivity (Wildman–Crippen MR) is 81.9 cm³/mol. The van der Waals surface area contributed by atoms with Crippen LogP contribution in [0.5, 0.6) is 0 Å². The minimum atomic E-state index is -0.318. The molecule has 1 heterocycles. The van der Waals surface area contributed by atoms with Crippen molar-refractivity contribution in [3.8, 4) is 0 Å². The molecule has 2 aromatic carbocycles. The predicted octanol–water partition coefficient (Wildman–Crippen LogP) is 3.66. The molecule has 1 N–H and O–H groups in total. The first-order valence-electron chi connectivity index (χ1n) is 6.22. The lowest BCUT2D eigenvalue weighted by molar-refractivity contribution is 0.0666. The van der Waals surface area contributed by atoms with Crippen LogP contribution < -0.4 is 5.32 Å². The number of imide groups is 1. The largest absolute Gasteiger partial charge is 0.366 e. The zero-order valence-electron chi connectivity index (χ0n) is 10.8. The van der Waals surface area contributed by atoms with E-state index in [9.17, 15) is 9.59 Å². The number of carbonyl (C=O) groups excluding carboxylic acids is 2. The summed E-state index contributed by atoms with van der Waals surface area (Å²) in [4.78, 5) is 25.5. The number of nitrogens with zero attached hydrogens (tertiary/aromatic N) is 1. The number of rotatable bonds is 3. The highest BCUT2D eigenvalue weighted by atomic mass is 35.5. The number of nitrogens with one attached hydrogen (secondary N) is 1. The third-order valence-electron chi connectivity index (χ3n) is 3.23. The van der Waals surface area contributed by atoms with Crippen LogP contribution in [0.4, 0.5) is 5.69 Å². The number of halogens is 2. The van der Waals surface area contributed by atoms with Gasteiger partial charge in [-0.2, -0.15) is 0 Å². The first-order valence-corrected chi connectivity index (χ1v) is 6.97. The van der Waals surface area contributed by atoms with Crippen molar-refractivity contribution in [2.75, 3.05) is 12.0 Å². The number of amides is 2. The Labute approximate surface area is 131 Å².